The van der Waals surface area contributed by atoms with Crippen LogP contribution in [0.4, 0.5) is 13.2 Å². The summed E-state index contributed by atoms with van der Waals surface area (Å²) in [5.74, 6) is -0.496. The molecular weight excluding hydrogens is 309 g/mol. The molecule has 128 valence electrons. The molecule has 1 amide bonds. The lowest BCUT2D eigenvalue weighted by Crippen LogP contribution is -2.48. The number of rotatable bonds is 6. The smallest absolute Gasteiger partial charge is 0.406 e. The van der Waals surface area contributed by atoms with Gasteiger partial charge in [0.15, 0.2) is 0 Å². The number of likely N-dealkylation sites (tertiary alicyclic amines) is 1. The Kier molecular flexibility index (Phi) is 5.87. The van der Waals surface area contributed by atoms with Crippen LogP contribution in [0.2, 0.25) is 0 Å². The maximum atomic E-state index is 12.1. The van der Waals surface area contributed by atoms with E-state index in [4.69, 9.17) is 5.73 Å². The summed E-state index contributed by atoms with van der Waals surface area (Å²) in [6.45, 7) is 1.63. The van der Waals surface area contributed by atoms with Crippen LogP contribution in [-0.2, 0) is 11.2 Å². The van der Waals surface area contributed by atoms with E-state index >= 15 is 0 Å². The number of hydrogen-bond acceptors (Lipinski definition) is 3. The first-order valence-corrected chi connectivity index (χ1v) is 7.73. The van der Waals surface area contributed by atoms with Crippen LogP contribution >= 0.6 is 0 Å². The van der Waals surface area contributed by atoms with Crippen molar-refractivity contribution in [2.75, 3.05) is 13.1 Å². The van der Waals surface area contributed by atoms with Crippen molar-refractivity contribution >= 4 is 5.91 Å². The highest BCUT2D eigenvalue weighted by Gasteiger charge is 2.31. The molecule has 1 aliphatic rings. The second-order valence-electron chi connectivity index (χ2n) is 5.75. The van der Waals surface area contributed by atoms with Gasteiger partial charge in [0, 0.05) is 0 Å². The van der Waals surface area contributed by atoms with Crippen molar-refractivity contribution in [1.82, 2.24) is 4.90 Å². The molecule has 2 rings (SSSR count). The fourth-order valence-corrected chi connectivity index (χ4v) is 2.92. The van der Waals surface area contributed by atoms with Crippen LogP contribution in [-0.4, -0.2) is 36.3 Å². The summed E-state index contributed by atoms with van der Waals surface area (Å²) in [4.78, 5) is 13.5. The molecule has 0 radical (unpaired) electrons. The molecule has 0 saturated carbocycles. The molecule has 4 nitrogen and oxygen atoms in total. The average Bonchev–Trinajstić information content (AvgIpc) is 2.48. The minimum Gasteiger partial charge on any atom is -0.406 e. The van der Waals surface area contributed by atoms with Gasteiger partial charge in [0.2, 0.25) is 5.91 Å². The Bertz CT molecular complexity index is 517. The lowest BCUT2D eigenvalue weighted by molar-refractivity contribution is -0.274. The number of hydrogen-bond donors (Lipinski definition) is 1. The van der Waals surface area contributed by atoms with Gasteiger partial charge in [0.25, 0.3) is 0 Å². The number of aryl methyl sites for hydroxylation is 1. The minimum absolute atomic E-state index is 0.189. The molecule has 1 saturated heterocycles. The van der Waals surface area contributed by atoms with E-state index in [0.717, 1.165) is 50.8 Å². The SMILES string of the molecule is NC(=O)[C@@H]1CCCCN1CCCc1ccc(OC(F)(F)F)cc1. The van der Waals surface area contributed by atoms with Crippen molar-refractivity contribution in [3.8, 4) is 5.75 Å². The third-order valence-corrected chi connectivity index (χ3v) is 4.01. The molecule has 1 heterocycles. The van der Waals surface area contributed by atoms with Crippen LogP contribution < -0.4 is 10.5 Å². The Balaban J connectivity index is 1.80. The molecule has 7 heteroatoms. The quantitative estimate of drug-likeness (QED) is 0.872. The first-order valence-electron chi connectivity index (χ1n) is 7.73. The van der Waals surface area contributed by atoms with Crippen LogP contribution in [0, 0.1) is 0 Å². The molecule has 1 aromatic carbocycles. The molecule has 0 unspecified atom stereocenters. The molecule has 0 bridgehead atoms. The van der Waals surface area contributed by atoms with Crippen LogP contribution in [0.1, 0.15) is 31.2 Å². The maximum absolute atomic E-state index is 12.1. The average molecular weight is 330 g/mol. The molecule has 0 aromatic heterocycles. The highest BCUT2D eigenvalue weighted by molar-refractivity contribution is 5.79. The second kappa shape index (κ2) is 7.68. The van der Waals surface area contributed by atoms with Gasteiger partial charge in [-0.15, -0.1) is 13.2 Å². The predicted octanol–water partition coefficient (Wildman–Crippen LogP) is 2.86. The Morgan fingerprint density at radius 3 is 2.57 bits per heavy atom. The monoisotopic (exact) mass is 330 g/mol. The van der Waals surface area contributed by atoms with E-state index in [9.17, 15) is 18.0 Å². The third-order valence-electron chi connectivity index (χ3n) is 4.01. The summed E-state index contributed by atoms with van der Waals surface area (Å²) in [6, 6.07) is 5.70. The van der Waals surface area contributed by atoms with Crippen LogP contribution in [0.3, 0.4) is 0 Å². The van der Waals surface area contributed by atoms with Crippen molar-refractivity contribution in [2.45, 2.75) is 44.5 Å². The van der Waals surface area contributed by atoms with Crippen molar-refractivity contribution in [1.29, 1.82) is 0 Å². The summed E-state index contributed by atoms with van der Waals surface area (Å²) in [7, 11) is 0. The van der Waals surface area contributed by atoms with E-state index in [2.05, 4.69) is 9.64 Å². The molecular formula is C16H21F3N2O2. The highest BCUT2D eigenvalue weighted by Crippen LogP contribution is 2.23. The van der Waals surface area contributed by atoms with E-state index in [0.29, 0.717) is 0 Å². The number of amides is 1. The van der Waals surface area contributed by atoms with Crippen molar-refractivity contribution in [3.63, 3.8) is 0 Å². The number of primary amides is 1. The molecule has 23 heavy (non-hydrogen) atoms. The number of nitrogens with zero attached hydrogens (tertiary/aromatic N) is 1. The zero-order chi connectivity index (χ0) is 16.9. The normalized spacial score (nSPS) is 19.5. The second-order valence-corrected chi connectivity index (χ2v) is 5.75. The molecule has 2 N–H and O–H groups in total. The summed E-state index contributed by atoms with van der Waals surface area (Å²) in [5.41, 5.74) is 6.36. The number of piperidine rings is 1. The first kappa shape index (κ1) is 17.6. The van der Waals surface area contributed by atoms with Gasteiger partial charge in [-0.25, -0.2) is 0 Å². The van der Waals surface area contributed by atoms with E-state index in [1.165, 1.54) is 12.1 Å². The van der Waals surface area contributed by atoms with Crippen molar-refractivity contribution in [3.05, 3.63) is 29.8 Å². The Morgan fingerprint density at radius 1 is 1.26 bits per heavy atom. The summed E-state index contributed by atoms with van der Waals surface area (Å²) in [5, 5.41) is 0. The largest absolute Gasteiger partial charge is 0.573 e. The number of carbonyl (C=O) groups is 1. The number of nitrogens with two attached hydrogens (primary N) is 1. The molecule has 1 fully saturated rings. The van der Waals surface area contributed by atoms with Crippen LogP contribution in [0.15, 0.2) is 24.3 Å². The van der Waals surface area contributed by atoms with Gasteiger partial charge < -0.3 is 10.5 Å². The van der Waals surface area contributed by atoms with E-state index in [1.807, 2.05) is 0 Å². The minimum atomic E-state index is -4.67. The lowest BCUT2D eigenvalue weighted by atomic mass is 10.0. The van der Waals surface area contributed by atoms with Crippen LogP contribution in [0.25, 0.3) is 0 Å². The van der Waals surface area contributed by atoms with E-state index in [1.54, 1.807) is 12.1 Å². The summed E-state index contributed by atoms with van der Waals surface area (Å²) < 4.78 is 40.1. The molecule has 0 aliphatic carbocycles. The van der Waals surface area contributed by atoms with Gasteiger partial charge in [-0.05, 0) is 56.5 Å². The zero-order valence-corrected chi connectivity index (χ0v) is 12.8. The number of carbonyl (C=O) groups excluding carboxylic acids is 1. The standard InChI is InChI=1S/C16H21F3N2O2/c17-16(18,19)23-13-8-6-12(7-9-13)4-3-11-21-10-2-1-5-14(21)15(20)22/h6-9,14H,1-5,10-11H2,(H2,20,22)/t14-/m0/s1. The highest BCUT2D eigenvalue weighted by atomic mass is 19.4. The van der Waals surface area contributed by atoms with Gasteiger partial charge >= 0.3 is 6.36 Å². The fraction of sp³-hybridized carbons (Fsp3) is 0.562. The zero-order valence-electron chi connectivity index (χ0n) is 12.8. The molecule has 1 aliphatic heterocycles. The first-order chi connectivity index (χ1) is 10.8. The van der Waals surface area contributed by atoms with Crippen molar-refractivity contribution < 1.29 is 22.7 Å². The van der Waals surface area contributed by atoms with Gasteiger partial charge in [0.1, 0.15) is 5.75 Å². The van der Waals surface area contributed by atoms with Crippen LogP contribution in [0.5, 0.6) is 5.75 Å². The molecule has 1 atom stereocenters. The summed E-state index contributed by atoms with van der Waals surface area (Å²) in [6.07, 6.45) is -0.228. The Labute approximate surface area is 133 Å². The fourth-order valence-electron chi connectivity index (χ4n) is 2.92. The lowest BCUT2D eigenvalue weighted by Gasteiger charge is -2.33. The van der Waals surface area contributed by atoms with Gasteiger partial charge in [-0.3, -0.25) is 9.69 Å². The number of ether oxygens (including phenoxy) is 1. The van der Waals surface area contributed by atoms with Gasteiger partial charge in [0.05, 0.1) is 6.04 Å². The van der Waals surface area contributed by atoms with Gasteiger partial charge in [-0.2, -0.15) is 0 Å². The van der Waals surface area contributed by atoms with Crippen molar-refractivity contribution in [2.24, 2.45) is 5.73 Å². The van der Waals surface area contributed by atoms with Gasteiger partial charge in [-0.1, -0.05) is 18.6 Å². The predicted molar refractivity (Wildman–Crippen MR) is 79.9 cm³/mol. The maximum Gasteiger partial charge on any atom is 0.573 e. The van der Waals surface area contributed by atoms with E-state index in [-0.39, 0.29) is 17.7 Å². The Morgan fingerprint density at radius 2 is 1.96 bits per heavy atom. The summed E-state index contributed by atoms with van der Waals surface area (Å²) >= 11 is 0. The molecule has 0 spiro atoms. The van der Waals surface area contributed by atoms with E-state index < -0.39 is 6.36 Å². The number of halogens is 3. The number of alkyl halides is 3. The number of benzene rings is 1. The third kappa shape index (κ3) is 5.74. The Hall–Kier alpha value is -1.76. The topological polar surface area (TPSA) is 55.6 Å². The molecule has 1 aromatic rings.